The maximum absolute atomic E-state index is 12.5. The van der Waals surface area contributed by atoms with Crippen molar-refractivity contribution in [1.29, 1.82) is 0 Å². The average molecular weight is 341 g/mol. The number of benzene rings is 1. The maximum Gasteiger partial charge on any atom is 0.243 e. The number of pyridine rings is 1. The van der Waals surface area contributed by atoms with E-state index in [1.54, 1.807) is 18.0 Å². The minimum Gasteiger partial charge on any atom is -0.383 e. The van der Waals surface area contributed by atoms with Crippen molar-refractivity contribution in [3.05, 3.63) is 36.0 Å². The molecule has 2 amide bonds. The average Bonchev–Trinajstić information content (AvgIpc) is 3.08. The normalized spacial score (nSPS) is 18.3. The van der Waals surface area contributed by atoms with Crippen molar-refractivity contribution in [2.75, 3.05) is 12.3 Å². The number of rotatable bonds is 4. The van der Waals surface area contributed by atoms with E-state index in [-0.39, 0.29) is 11.8 Å². The number of hydrogen-bond donors (Lipinski definition) is 3. The molecule has 1 aliphatic rings. The van der Waals surface area contributed by atoms with E-state index in [9.17, 15) is 9.59 Å². The monoisotopic (exact) mass is 341 g/mol. The van der Waals surface area contributed by atoms with Crippen LogP contribution >= 0.6 is 0 Å². The van der Waals surface area contributed by atoms with Gasteiger partial charge in [0.05, 0.1) is 6.04 Å². The topological polar surface area (TPSA) is 114 Å². The third kappa shape index (κ3) is 3.56. The molecule has 1 saturated heterocycles. The first-order chi connectivity index (χ1) is 12.0. The fraction of sp³-hybridized carbons (Fsp3) is 0.389. The van der Waals surface area contributed by atoms with Crippen LogP contribution in [0.5, 0.6) is 0 Å². The lowest BCUT2D eigenvalue weighted by Gasteiger charge is -2.25. The van der Waals surface area contributed by atoms with Crippen LogP contribution in [0.1, 0.15) is 25.3 Å². The highest BCUT2D eigenvalue weighted by atomic mass is 16.2. The molecule has 0 aliphatic carbocycles. The van der Waals surface area contributed by atoms with Gasteiger partial charge in [0, 0.05) is 24.7 Å². The summed E-state index contributed by atoms with van der Waals surface area (Å²) >= 11 is 0. The first-order valence-electron chi connectivity index (χ1n) is 8.44. The minimum absolute atomic E-state index is 0.138. The van der Waals surface area contributed by atoms with Gasteiger partial charge in [0.15, 0.2) is 0 Å². The molecule has 2 aromatic rings. The van der Waals surface area contributed by atoms with Crippen LogP contribution in [0.2, 0.25) is 0 Å². The van der Waals surface area contributed by atoms with Crippen molar-refractivity contribution in [3.8, 4) is 0 Å². The van der Waals surface area contributed by atoms with Gasteiger partial charge in [-0.2, -0.15) is 0 Å². The Morgan fingerprint density at radius 3 is 2.96 bits per heavy atom. The van der Waals surface area contributed by atoms with Crippen LogP contribution < -0.4 is 16.8 Å². The molecule has 2 heterocycles. The molecular weight excluding hydrogens is 318 g/mol. The van der Waals surface area contributed by atoms with Gasteiger partial charge in [0.25, 0.3) is 0 Å². The molecule has 25 heavy (non-hydrogen) atoms. The number of aromatic nitrogens is 1. The quantitative estimate of drug-likeness (QED) is 0.760. The molecule has 2 atom stereocenters. The molecule has 7 heteroatoms. The van der Waals surface area contributed by atoms with Crippen molar-refractivity contribution < 1.29 is 9.59 Å². The molecule has 1 fully saturated rings. The number of nitrogens with two attached hydrogens (primary N) is 2. The lowest BCUT2D eigenvalue weighted by Crippen LogP contribution is -2.50. The number of carbonyl (C=O) groups is 2. The lowest BCUT2D eigenvalue weighted by atomic mass is 10.1. The minimum atomic E-state index is -0.590. The number of anilines is 1. The van der Waals surface area contributed by atoms with E-state index >= 15 is 0 Å². The first-order valence-corrected chi connectivity index (χ1v) is 8.44. The van der Waals surface area contributed by atoms with Crippen molar-refractivity contribution in [2.45, 2.75) is 38.4 Å². The van der Waals surface area contributed by atoms with Crippen LogP contribution in [-0.2, 0) is 16.1 Å². The highest BCUT2D eigenvalue weighted by Crippen LogP contribution is 2.21. The smallest absolute Gasteiger partial charge is 0.243 e. The highest BCUT2D eigenvalue weighted by molar-refractivity contribution is 5.92. The van der Waals surface area contributed by atoms with Crippen LogP contribution in [-0.4, -0.2) is 40.3 Å². The van der Waals surface area contributed by atoms with Gasteiger partial charge in [0.2, 0.25) is 11.8 Å². The number of nitrogens with zero attached hydrogens (tertiary/aromatic N) is 2. The van der Waals surface area contributed by atoms with E-state index in [1.165, 1.54) is 0 Å². The summed E-state index contributed by atoms with van der Waals surface area (Å²) in [5.74, 6) is 0.177. The van der Waals surface area contributed by atoms with E-state index in [0.717, 1.165) is 22.8 Å². The van der Waals surface area contributed by atoms with Gasteiger partial charge in [-0.15, -0.1) is 0 Å². The van der Waals surface area contributed by atoms with Gasteiger partial charge >= 0.3 is 0 Å². The van der Waals surface area contributed by atoms with Crippen LogP contribution in [0.4, 0.5) is 5.82 Å². The highest BCUT2D eigenvalue weighted by Gasteiger charge is 2.34. The summed E-state index contributed by atoms with van der Waals surface area (Å²) in [5, 5.41) is 4.79. The Morgan fingerprint density at radius 1 is 1.40 bits per heavy atom. The summed E-state index contributed by atoms with van der Waals surface area (Å²) in [6, 6.07) is 6.66. The largest absolute Gasteiger partial charge is 0.383 e. The molecule has 5 N–H and O–H groups in total. The van der Waals surface area contributed by atoms with Crippen LogP contribution in [0.3, 0.4) is 0 Å². The third-order valence-corrected chi connectivity index (χ3v) is 4.55. The van der Waals surface area contributed by atoms with Gasteiger partial charge < -0.3 is 21.7 Å². The molecule has 132 valence electrons. The van der Waals surface area contributed by atoms with Crippen LogP contribution in [0.25, 0.3) is 10.8 Å². The second kappa shape index (κ2) is 7.06. The molecule has 0 radical (unpaired) electrons. The van der Waals surface area contributed by atoms with Crippen LogP contribution in [0.15, 0.2) is 30.5 Å². The predicted molar refractivity (Wildman–Crippen MR) is 96.4 cm³/mol. The zero-order valence-corrected chi connectivity index (χ0v) is 14.2. The Kier molecular flexibility index (Phi) is 4.85. The molecule has 0 saturated carbocycles. The Hall–Kier alpha value is -2.67. The second-order valence-electron chi connectivity index (χ2n) is 6.45. The molecule has 1 aromatic heterocycles. The zero-order chi connectivity index (χ0) is 18.0. The Labute approximate surface area is 146 Å². The number of amides is 2. The van der Waals surface area contributed by atoms with Crippen molar-refractivity contribution in [3.63, 3.8) is 0 Å². The summed E-state index contributed by atoms with van der Waals surface area (Å²) in [5.41, 5.74) is 12.5. The summed E-state index contributed by atoms with van der Waals surface area (Å²) in [4.78, 5) is 30.3. The van der Waals surface area contributed by atoms with Gasteiger partial charge in [-0.25, -0.2) is 4.98 Å². The van der Waals surface area contributed by atoms with E-state index in [1.807, 2.05) is 24.3 Å². The SMILES string of the molecule is C[C@H](N)C(=O)N1CCC[C@H]1C(=O)NCc1ccc2c(N)nccc2c1. The van der Waals surface area contributed by atoms with Crippen molar-refractivity contribution in [1.82, 2.24) is 15.2 Å². The fourth-order valence-electron chi connectivity index (χ4n) is 3.23. The Morgan fingerprint density at radius 2 is 2.20 bits per heavy atom. The summed E-state index contributed by atoms with van der Waals surface area (Å²) in [6.07, 6.45) is 3.15. The zero-order valence-electron chi connectivity index (χ0n) is 14.2. The summed E-state index contributed by atoms with van der Waals surface area (Å²) < 4.78 is 0. The van der Waals surface area contributed by atoms with E-state index < -0.39 is 12.1 Å². The van der Waals surface area contributed by atoms with Gasteiger partial charge in [-0.3, -0.25) is 9.59 Å². The van der Waals surface area contributed by atoms with Crippen LogP contribution in [0, 0.1) is 0 Å². The number of fused-ring (bicyclic) bond motifs is 1. The molecule has 0 bridgehead atoms. The number of nitrogen functional groups attached to an aromatic ring is 1. The fourth-order valence-corrected chi connectivity index (χ4v) is 3.23. The van der Waals surface area contributed by atoms with Crippen molar-refractivity contribution in [2.24, 2.45) is 5.73 Å². The number of nitrogens with one attached hydrogen (secondary N) is 1. The van der Waals surface area contributed by atoms with Gasteiger partial charge in [0.1, 0.15) is 11.9 Å². The molecule has 1 aliphatic heterocycles. The Bertz CT molecular complexity index is 805. The number of likely N-dealkylation sites (tertiary alicyclic amines) is 1. The Balaban J connectivity index is 1.67. The third-order valence-electron chi connectivity index (χ3n) is 4.55. The number of carbonyl (C=O) groups excluding carboxylic acids is 2. The van der Waals surface area contributed by atoms with Gasteiger partial charge in [-0.1, -0.05) is 12.1 Å². The molecule has 1 aromatic carbocycles. The molecule has 7 nitrogen and oxygen atoms in total. The predicted octanol–water partition coefficient (Wildman–Crippen LogP) is 0.771. The van der Waals surface area contributed by atoms with E-state index in [4.69, 9.17) is 11.5 Å². The molecular formula is C18H23N5O2. The lowest BCUT2D eigenvalue weighted by molar-refractivity contribution is -0.139. The standard InChI is InChI=1S/C18H23N5O2/c1-11(19)18(25)23-8-2-3-15(23)17(24)22-10-12-4-5-14-13(9-12)6-7-21-16(14)20/h4-7,9,11,15H,2-3,8,10,19H2,1H3,(H2,20,21)(H,22,24)/t11-,15-/m0/s1. The molecule has 0 spiro atoms. The second-order valence-corrected chi connectivity index (χ2v) is 6.45. The summed E-state index contributed by atoms with van der Waals surface area (Å²) in [7, 11) is 0. The first kappa shape index (κ1) is 17.2. The maximum atomic E-state index is 12.5. The molecule has 3 rings (SSSR count). The van der Waals surface area contributed by atoms with E-state index in [0.29, 0.717) is 25.3 Å². The number of hydrogen-bond acceptors (Lipinski definition) is 5. The molecule has 0 unspecified atom stereocenters. The van der Waals surface area contributed by atoms with E-state index in [2.05, 4.69) is 10.3 Å². The van der Waals surface area contributed by atoms with Gasteiger partial charge in [-0.05, 0) is 42.8 Å². The summed E-state index contributed by atoms with van der Waals surface area (Å²) in [6.45, 7) is 2.62. The van der Waals surface area contributed by atoms with Crippen molar-refractivity contribution >= 4 is 28.4 Å².